The third kappa shape index (κ3) is 4.63. The van der Waals surface area contributed by atoms with Gasteiger partial charge < -0.3 is 15.2 Å². The van der Waals surface area contributed by atoms with Crippen molar-refractivity contribution in [1.82, 2.24) is 24.1 Å². The van der Waals surface area contributed by atoms with Gasteiger partial charge in [0.1, 0.15) is 33.0 Å². The number of benzene rings is 1. The number of amides is 1. The summed E-state index contributed by atoms with van der Waals surface area (Å²) in [6.45, 7) is 8.03. The van der Waals surface area contributed by atoms with Gasteiger partial charge in [0.05, 0.1) is 37.5 Å². The van der Waals surface area contributed by atoms with Gasteiger partial charge in [-0.2, -0.15) is 10.2 Å². The molecule has 0 fully saturated rings. The molecule has 4 aromatic rings. The smallest absolute Gasteiger partial charge is 0.333 e. The van der Waals surface area contributed by atoms with Crippen molar-refractivity contribution in [3.8, 4) is 10.8 Å². The topological polar surface area (TPSA) is 136 Å². The van der Waals surface area contributed by atoms with E-state index in [2.05, 4.69) is 10.2 Å². The van der Waals surface area contributed by atoms with Gasteiger partial charge in [-0.1, -0.05) is 11.3 Å². The van der Waals surface area contributed by atoms with Gasteiger partial charge in [0.25, 0.3) is 5.56 Å². The molecular weight excluding hydrogens is 515 g/mol. The predicted molar refractivity (Wildman–Crippen MR) is 140 cm³/mol. The van der Waals surface area contributed by atoms with Crippen molar-refractivity contribution in [1.29, 1.82) is 0 Å². The summed E-state index contributed by atoms with van der Waals surface area (Å²) < 4.78 is 28.1. The van der Waals surface area contributed by atoms with E-state index < -0.39 is 34.6 Å². The second-order valence-electron chi connectivity index (χ2n) is 9.55. The minimum absolute atomic E-state index is 0.117. The molecule has 0 spiro atoms. The number of hydrogen-bond acceptors (Lipinski definition) is 8. The molecule has 1 unspecified atom stereocenters. The Balaban J connectivity index is 2.07. The second-order valence-corrected chi connectivity index (χ2v) is 10.5. The Morgan fingerprint density at radius 2 is 1.87 bits per heavy atom. The van der Waals surface area contributed by atoms with Crippen LogP contribution in [0.5, 0.6) is 5.75 Å². The first-order chi connectivity index (χ1) is 17.9. The lowest BCUT2D eigenvalue weighted by Gasteiger charge is -2.27. The fourth-order valence-corrected chi connectivity index (χ4v) is 5.50. The predicted octanol–water partition coefficient (Wildman–Crippen LogP) is 2.65. The third-order valence-electron chi connectivity index (χ3n) is 6.27. The van der Waals surface area contributed by atoms with Crippen LogP contribution in [0.2, 0.25) is 0 Å². The lowest BCUT2D eigenvalue weighted by molar-refractivity contribution is -0.125. The quantitative estimate of drug-likeness (QED) is 0.342. The first-order valence-electron chi connectivity index (χ1n) is 11.8. The minimum Gasteiger partial charge on any atom is -0.496 e. The summed E-state index contributed by atoms with van der Waals surface area (Å²) in [4.78, 5) is 41.7. The number of nitrogens with zero attached hydrogens (tertiary/aromatic N) is 5. The van der Waals surface area contributed by atoms with Gasteiger partial charge in [-0.05, 0) is 52.8 Å². The van der Waals surface area contributed by atoms with Gasteiger partial charge in [0.2, 0.25) is 5.91 Å². The molecule has 3 aromatic heterocycles. The van der Waals surface area contributed by atoms with E-state index in [1.54, 1.807) is 6.92 Å². The van der Waals surface area contributed by atoms with Gasteiger partial charge in [0, 0.05) is 11.1 Å². The number of carbonyl (C=O) groups is 1. The summed E-state index contributed by atoms with van der Waals surface area (Å²) in [6, 6.07) is 4.03. The minimum atomic E-state index is -1.65. The summed E-state index contributed by atoms with van der Waals surface area (Å²) in [6.07, 6.45) is 1.83. The number of nitrogens with two attached hydrogens (primary N) is 1. The Labute approximate surface area is 221 Å². The number of rotatable bonds is 9. The van der Waals surface area contributed by atoms with Gasteiger partial charge in [-0.15, -0.1) is 4.80 Å². The van der Waals surface area contributed by atoms with Crippen LogP contribution >= 0.6 is 11.3 Å². The number of aromatic nitrogens is 5. The number of fused-ring (bicyclic) bond motifs is 1. The van der Waals surface area contributed by atoms with Crippen LogP contribution in [0.4, 0.5) is 4.39 Å². The zero-order valence-corrected chi connectivity index (χ0v) is 22.7. The molecular formula is C25H29FN6O5S. The highest BCUT2D eigenvalue weighted by Gasteiger charge is 2.35. The summed E-state index contributed by atoms with van der Waals surface area (Å²) in [7, 11) is 1.45. The van der Waals surface area contributed by atoms with Crippen LogP contribution < -0.4 is 21.7 Å². The van der Waals surface area contributed by atoms with Crippen LogP contribution in [-0.2, 0) is 21.6 Å². The maximum absolute atomic E-state index is 14.3. The van der Waals surface area contributed by atoms with E-state index in [9.17, 15) is 18.8 Å². The molecule has 0 saturated carbocycles. The molecule has 202 valence electrons. The Morgan fingerprint density at radius 1 is 1.21 bits per heavy atom. The maximum Gasteiger partial charge on any atom is 0.333 e. The first kappa shape index (κ1) is 27.2. The molecule has 4 rings (SSSR count). The number of carbonyl (C=O) groups excluding carboxylic acids is 1. The summed E-state index contributed by atoms with van der Waals surface area (Å²) >= 11 is 1.14. The molecule has 13 heteroatoms. The van der Waals surface area contributed by atoms with Gasteiger partial charge in [0.15, 0.2) is 0 Å². The molecule has 38 heavy (non-hydrogen) atoms. The van der Waals surface area contributed by atoms with Crippen molar-refractivity contribution in [2.75, 3.05) is 7.11 Å². The summed E-state index contributed by atoms with van der Waals surface area (Å²) in [5, 5.41) is 9.07. The van der Waals surface area contributed by atoms with E-state index in [4.69, 9.17) is 15.2 Å². The molecule has 1 aromatic carbocycles. The van der Waals surface area contributed by atoms with Crippen molar-refractivity contribution in [3.63, 3.8) is 0 Å². The molecule has 0 bridgehead atoms. The molecule has 0 aliphatic heterocycles. The van der Waals surface area contributed by atoms with E-state index >= 15 is 0 Å². The number of halogens is 1. The number of primary amides is 1. The number of thiophene rings is 1. The van der Waals surface area contributed by atoms with Crippen molar-refractivity contribution in [2.45, 2.75) is 58.9 Å². The van der Waals surface area contributed by atoms with Crippen LogP contribution in [0, 0.1) is 12.7 Å². The summed E-state index contributed by atoms with van der Waals surface area (Å²) in [5.74, 6) is -0.989. The van der Waals surface area contributed by atoms with Crippen LogP contribution in [0.25, 0.3) is 15.2 Å². The average Bonchev–Trinajstić information content (AvgIpc) is 3.48. The highest BCUT2D eigenvalue weighted by atomic mass is 32.1. The standard InChI is InChI=1S/C25H29FN6O5S/c1-13(2)37-18(16-11-15(26)7-8-17(16)36-6)12-30-22-19(14(3)21(38-22)32-28-9-10-29-32)20(33)31(24(30)35)25(4,5)23(27)34/h7-11,13,18H,12H2,1-6H3,(H2,27,34). The van der Waals surface area contributed by atoms with E-state index in [-0.39, 0.29) is 18.0 Å². The lowest BCUT2D eigenvalue weighted by atomic mass is 10.0. The zero-order valence-electron chi connectivity index (χ0n) is 21.9. The van der Waals surface area contributed by atoms with E-state index in [0.29, 0.717) is 26.7 Å². The molecule has 0 aliphatic carbocycles. The number of ether oxygens (including phenoxy) is 2. The van der Waals surface area contributed by atoms with Crippen LogP contribution in [0.3, 0.4) is 0 Å². The number of aryl methyl sites for hydroxylation is 1. The lowest BCUT2D eigenvalue weighted by Crippen LogP contribution is -2.54. The van der Waals surface area contributed by atoms with Crippen molar-refractivity contribution in [2.24, 2.45) is 5.73 Å². The van der Waals surface area contributed by atoms with Gasteiger partial charge in [-0.3, -0.25) is 14.2 Å². The number of hydrogen-bond donors (Lipinski definition) is 1. The molecule has 2 N–H and O–H groups in total. The molecule has 0 radical (unpaired) electrons. The van der Waals surface area contributed by atoms with Gasteiger partial charge in [-0.25, -0.2) is 13.8 Å². The van der Waals surface area contributed by atoms with Crippen LogP contribution in [-0.4, -0.2) is 43.2 Å². The average molecular weight is 545 g/mol. The monoisotopic (exact) mass is 544 g/mol. The Morgan fingerprint density at radius 3 is 2.45 bits per heavy atom. The third-order valence-corrected chi connectivity index (χ3v) is 7.55. The summed E-state index contributed by atoms with van der Waals surface area (Å²) in [5.41, 5.74) is 3.45. The second kappa shape index (κ2) is 10.1. The molecule has 3 heterocycles. The van der Waals surface area contributed by atoms with E-state index in [1.807, 2.05) is 13.8 Å². The van der Waals surface area contributed by atoms with Crippen molar-refractivity contribution < 1.29 is 18.7 Å². The molecule has 0 saturated heterocycles. The highest BCUT2D eigenvalue weighted by Crippen LogP contribution is 2.34. The molecule has 1 amide bonds. The van der Waals surface area contributed by atoms with E-state index in [1.165, 1.54) is 60.9 Å². The molecule has 0 aliphatic rings. The van der Waals surface area contributed by atoms with Crippen molar-refractivity contribution in [3.05, 3.63) is 68.4 Å². The van der Waals surface area contributed by atoms with E-state index in [0.717, 1.165) is 15.9 Å². The Kier molecular flexibility index (Phi) is 7.26. The SMILES string of the molecule is COc1ccc(F)cc1C(Cn1c(=O)n(C(C)(C)C(N)=O)c(=O)c2c(C)c(-n3nccn3)sc21)OC(C)C. The molecule has 11 nitrogen and oxygen atoms in total. The fraction of sp³-hybridized carbons (Fsp3) is 0.400. The van der Waals surface area contributed by atoms with Gasteiger partial charge >= 0.3 is 5.69 Å². The Hall–Kier alpha value is -3.84. The first-order valence-corrected chi connectivity index (χ1v) is 12.6. The van der Waals surface area contributed by atoms with Crippen molar-refractivity contribution >= 4 is 27.5 Å². The normalized spacial score (nSPS) is 12.8. The highest BCUT2D eigenvalue weighted by molar-refractivity contribution is 7.21. The largest absolute Gasteiger partial charge is 0.496 e. The van der Waals surface area contributed by atoms with Crippen LogP contribution in [0.15, 0.2) is 40.2 Å². The molecule has 1 atom stereocenters. The maximum atomic E-state index is 14.3. The fourth-order valence-electron chi connectivity index (χ4n) is 4.28. The Bertz CT molecular complexity index is 1620. The number of methoxy groups -OCH3 is 1. The van der Waals surface area contributed by atoms with Crippen LogP contribution in [0.1, 0.15) is 44.9 Å². The zero-order chi connectivity index (χ0) is 27.9.